The van der Waals surface area contributed by atoms with Crippen LogP contribution in [-0.2, 0) is 4.79 Å². The van der Waals surface area contributed by atoms with Crippen LogP contribution in [0.15, 0.2) is 0 Å². The van der Waals surface area contributed by atoms with E-state index in [-0.39, 0.29) is 5.78 Å². The molecule has 0 radical (unpaired) electrons. The largest absolute Gasteiger partial charge is 0.323 e. The van der Waals surface area contributed by atoms with Crippen LogP contribution < -0.4 is 5.32 Å². The van der Waals surface area contributed by atoms with Gasteiger partial charge in [-0.05, 0) is 27.9 Å². The maximum Gasteiger partial charge on any atom is 0.126 e. The third-order valence-electron chi connectivity index (χ3n) is 1.25. The van der Waals surface area contributed by atoms with Crippen LogP contribution in [0, 0.1) is 0 Å². The summed E-state index contributed by atoms with van der Waals surface area (Å²) < 4.78 is 0. The molecule has 0 atom stereocenters. The first-order valence-electron chi connectivity index (χ1n) is 4.70. The van der Waals surface area contributed by atoms with Crippen LogP contribution in [0.25, 0.3) is 0 Å². The summed E-state index contributed by atoms with van der Waals surface area (Å²) in [5.41, 5.74) is 0. The van der Waals surface area contributed by atoms with Gasteiger partial charge in [0, 0.05) is 0 Å². The molecule has 1 aliphatic carbocycles. The van der Waals surface area contributed by atoms with E-state index in [4.69, 9.17) is 0 Å². The van der Waals surface area contributed by atoms with E-state index in [2.05, 4.69) is 5.32 Å². The molecule has 0 aromatic carbocycles. The van der Waals surface area contributed by atoms with Crippen molar-refractivity contribution in [3.63, 3.8) is 0 Å². The third kappa shape index (κ3) is 33.5. The molecule has 0 aliphatic heterocycles. The Labute approximate surface area is 76.7 Å². The highest BCUT2D eigenvalue weighted by Crippen LogP contribution is 2.15. The molecular formula is C10H23NO. The molecule has 2 nitrogen and oxygen atoms in total. The minimum absolute atomic E-state index is 0.167. The fourth-order valence-corrected chi connectivity index (χ4v) is 0.884. The number of carbonyl (C=O) groups excluding carboxylic acids is 1. The van der Waals surface area contributed by atoms with Gasteiger partial charge in [-0.1, -0.05) is 32.1 Å². The average Bonchev–Trinajstić information content (AvgIpc) is 2.40. The summed E-state index contributed by atoms with van der Waals surface area (Å²) in [5.74, 6) is 0.167. The van der Waals surface area contributed by atoms with Crippen molar-refractivity contribution in [3.8, 4) is 0 Å². The smallest absolute Gasteiger partial charge is 0.126 e. The number of nitrogens with one attached hydrogen (secondary N) is 1. The number of hydrogen-bond donors (Lipinski definition) is 1. The maximum atomic E-state index is 9.44. The second-order valence-electron chi connectivity index (χ2n) is 3.18. The summed E-state index contributed by atoms with van der Waals surface area (Å²) in [6.07, 6.45) is 7.50. The second-order valence-corrected chi connectivity index (χ2v) is 3.18. The molecule has 0 amide bonds. The molecule has 0 aromatic rings. The van der Waals surface area contributed by atoms with Gasteiger partial charge in [0.1, 0.15) is 5.78 Å². The number of rotatable bonds is 0. The average molecular weight is 173 g/mol. The predicted octanol–water partition coefficient (Wildman–Crippen LogP) is 2.38. The van der Waals surface area contributed by atoms with Crippen molar-refractivity contribution in [1.29, 1.82) is 0 Å². The Hall–Kier alpha value is -0.370. The zero-order valence-electron chi connectivity index (χ0n) is 8.94. The highest BCUT2D eigenvalue weighted by molar-refractivity contribution is 5.72. The molecule has 0 spiro atoms. The standard InChI is InChI=1S/C5H10.C3H6O.C2H7N/c1-2-4-5-3-1;1-3(2)4;1-3-2/h1-5H2;1-2H3;3H,1-2H3. The molecule has 1 fully saturated rings. The number of carbonyl (C=O) groups is 1. The van der Waals surface area contributed by atoms with Crippen LogP contribution in [0.2, 0.25) is 0 Å². The van der Waals surface area contributed by atoms with Crippen molar-refractivity contribution in [3.05, 3.63) is 0 Å². The molecule has 0 unspecified atom stereocenters. The fraction of sp³-hybridized carbons (Fsp3) is 0.900. The Morgan fingerprint density at radius 1 is 0.917 bits per heavy atom. The van der Waals surface area contributed by atoms with E-state index in [0.717, 1.165) is 0 Å². The van der Waals surface area contributed by atoms with E-state index >= 15 is 0 Å². The van der Waals surface area contributed by atoms with Crippen LogP contribution in [0.4, 0.5) is 0 Å². The van der Waals surface area contributed by atoms with Gasteiger partial charge >= 0.3 is 0 Å². The number of hydrogen-bond acceptors (Lipinski definition) is 2. The van der Waals surface area contributed by atoms with Crippen molar-refractivity contribution in [2.75, 3.05) is 14.1 Å². The monoisotopic (exact) mass is 173 g/mol. The summed E-state index contributed by atoms with van der Waals surface area (Å²) in [7, 11) is 3.75. The maximum absolute atomic E-state index is 9.44. The molecule has 74 valence electrons. The highest BCUT2D eigenvalue weighted by Gasteiger charge is 1.95. The first kappa shape index (κ1) is 14.2. The molecule has 1 N–H and O–H groups in total. The van der Waals surface area contributed by atoms with Crippen LogP contribution in [0.3, 0.4) is 0 Å². The van der Waals surface area contributed by atoms with Crippen LogP contribution >= 0.6 is 0 Å². The van der Waals surface area contributed by atoms with Crippen molar-refractivity contribution in [2.45, 2.75) is 46.0 Å². The molecule has 2 heteroatoms. The highest BCUT2D eigenvalue weighted by atomic mass is 16.1. The van der Waals surface area contributed by atoms with Gasteiger partial charge in [0.05, 0.1) is 0 Å². The molecule has 1 aliphatic rings. The minimum Gasteiger partial charge on any atom is -0.323 e. The fourth-order valence-electron chi connectivity index (χ4n) is 0.884. The normalized spacial score (nSPS) is 13.7. The Bertz CT molecular complexity index is 76.2. The van der Waals surface area contributed by atoms with Gasteiger partial charge in [0.15, 0.2) is 0 Å². The second kappa shape index (κ2) is 13.2. The SMILES string of the molecule is C1CCCC1.CC(C)=O.CNC. The molecule has 0 saturated heterocycles. The van der Waals surface area contributed by atoms with Crippen molar-refractivity contribution in [1.82, 2.24) is 5.32 Å². The summed E-state index contributed by atoms with van der Waals surface area (Å²) in [5, 5.41) is 2.75. The Kier molecular flexibility index (Phi) is 15.6. The van der Waals surface area contributed by atoms with E-state index in [0.29, 0.717) is 0 Å². The van der Waals surface area contributed by atoms with Crippen molar-refractivity contribution in [2.24, 2.45) is 0 Å². The van der Waals surface area contributed by atoms with E-state index in [1.807, 2.05) is 14.1 Å². The lowest BCUT2D eigenvalue weighted by atomic mass is 10.4. The summed E-state index contributed by atoms with van der Waals surface area (Å²) >= 11 is 0. The first-order valence-corrected chi connectivity index (χ1v) is 4.70. The molecule has 0 heterocycles. The minimum atomic E-state index is 0.167. The summed E-state index contributed by atoms with van der Waals surface area (Å²) in [6, 6.07) is 0. The van der Waals surface area contributed by atoms with Gasteiger partial charge < -0.3 is 10.1 Å². The van der Waals surface area contributed by atoms with Gasteiger partial charge in [-0.15, -0.1) is 0 Å². The lowest BCUT2D eigenvalue weighted by Crippen LogP contribution is -1.89. The zero-order chi connectivity index (χ0) is 9.82. The van der Waals surface area contributed by atoms with Gasteiger partial charge in [-0.2, -0.15) is 0 Å². The van der Waals surface area contributed by atoms with Gasteiger partial charge in [0.2, 0.25) is 0 Å². The van der Waals surface area contributed by atoms with Crippen LogP contribution in [0.1, 0.15) is 46.0 Å². The predicted molar refractivity (Wildman–Crippen MR) is 54.4 cm³/mol. The third-order valence-corrected chi connectivity index (χ3v) is 1.25. The van der Waals surface area contributed by atoms with Crippen LogP contribution in [0.5, 0.6) is 0 Å². The van der Waals surface area contributed by atoms with Crippen LogP contribution in [-0.4, -0.2) is 19.9 Å². The van der Waals surface area contributed by atoms with Crippen molar-refractivity contribution >= 4 is 5.78 Å². The van der Waals surface area contributed by atoms with Gasteiger partial charge in [-0.25, -0.2) is 0 Å². The van der Waals surface area contributed by atoms with Crippen molar-refractivity contribution < 1.29 is 4.79 Å². The quantitative estimate of drug-likeness (QED) is 0.609. The molecular weight excluding hydrogens is 150 g/mol. The topological polar surface area (TPSA) is 29.1 Å². The van der Waals surface area contributed by atoms with Gasteiger partial charge in [-0.3, -0.25) is 0 Å². The Balaban J connectivity index is 0. The lowest BCUT2D eigenvalue weighted by Gasteiger charge is -1.67. The molecule has 0 aromatic heterocycles. The Morgan fingerprint density at radius 2 is 1.00 bits per heavy atom. The zero-order valence-corrected chi connectivity index (χ0v) is 8.94. The molecule has 12 heavy (non-hydrogen) atoms. The molecule has 0 bridgehead atoms. The molecule has 1 saturated carbocycles. The Morgan fingerprint density at radius 3 is 1.08 bits per heavy atom. The first-order chi connectivity index (χ1) is 5.65. The summed E-state index contributed by atoms with van der Waals surface area (Å²) in [6.45, 7) is 3.06. The lowest BCUT2D eigenvalue weighted by molar-refractivity contribution is -0.114. The van der Waals surface area contributed by atoms with E-state index in [1.165, 1.54) is 46.0 Å². The molecule has 1 rings (SSSR count). The van der Waals surface area contributed by atoms with Gasteiger partial charge in [0.25, 0.3) is 0 Å². The summed E-state index contributed by atoms with van der Waals surface area (Å²) in [4.78, 5) is 9.44. The number of ketones is 1. The van der Waals surface area contributed by atoms with E-state index < -0.39 is 0 Å². The van der Waals surface area contributed by atoms with E-state index in [1.54, 1.807) is 0 Å². The number of Topliss-reactive ketones (excluding diaryl/α,β-unsaturated/α-hetero) is 1. The van der Waals surface area contributed by atoms with E-state index in [9.17, 15) is 4.79 Å².